The first-order valence-electron chi connectivity index (χ1n) is 11.3. The third kappa shape index (κ3) is 5.15. The second-order valence-corrected chi connectivity index (χ2v) is 8.63. The molecule has 2 saturated heterocycles. The van der Waals surface area contributed by atoms with Crippen molar-refractivity contribution in [2.75, 3.05) is 26.2 Å². The molecule has 28 heavy (non-hydrogen) atoms. The summed E-state index contributed by atoms with van der Waals surface area (Å²) in [6.07, 6.45) is 9.38. The molecular formula is C24H36N2O2. The fourth-order valence-corrected chi connectivity index (χ4v) is 4.82. The molecule has 2 amide bonds. The van der Waals surface area contributed by atoms with Gasteiger partial charge in [0, 0.05) is 37.3 Å². The van der Waals surface area contributed by atoms with Crippen LogP contribution in [-0.4, -0.2) is 47.8 Å². The number of benzene rings is 1. The number of nitrogens with zero attached hydrogens (tertiary/aromatic N) is 2. The van der Waals surface area contributed by atoms with Gasteiger partial charge in [-0.15, -0.1) is 0 Å². The number of hydrogen-bond donors (Lipinski definition) is 0. The largest absolute Gasteiger partial charge is 0.339 e. The summed E-state index contributed by atoms with van der Waals surface area (Å²) in [4.78, 5) is 29.8. The quantitative estimate of drug-likeness (QED) is 0.693. The Morgan fingerprint density at radius 3 is 1.54 bits per heavy atom. The summed E-state index contributed by atoms with van der Waals surface area (Å²) in [5.74, 6) is 1.67. The molecule has 0 aromatic heterocycles. The highest BCUT2D eigenvalue weighted by Crippen LogP contribution is 2.25. The summed E-state index contributed by atoms with van der Waals surface area (Å²) in [5.41, 5.74) is 1.31. The van der Waals surface area contributed by atoms with Crippen LogP contribution in [0.5, 0.6) is 0 Å². The van der Waals surface area contributed by atoms with Crippen molar-refractivity contribution in [3.8, 4) is 0 Å². The molecule has 1 aromatic rings. The fourth-order valence-electron chi connectivity index (χ4n) is 4.82. The highest BCUT2D eigenvalue weighted by molar-refractivity contribution is 5.99. The van der Waals surface area contributed by atoms with Gasteiger partial charge < -0.3 is 9.80 Å². The minimum Gasteiger partial charge on any atom is -0.339 e. The van der Waals surface area contributed by atoms with Crippen LogP contribution in [0.15, 0.2) is 24.3 Å². The van der Waals surface area contributed by atoms with Gasteiger partial charge in [-0.3, -0.25) is 9.59 Å². The van der Waals surface area contributed by atoms with E-state index in [0.29, 0.717) is 11.1 Å². The smallest absolute Gasteiger partial charge is 0.253 e. The maximum absolute atomic E-state index is 12.9. The molecule has 0 saturated carbocycles. The first-order chi connectivity index (χ1) is 13.6. The third-order valence-corrected chi connectivity index (χ3v) is 6.55. The SMILES string of the molecule is CCCC1CCN(C(=O)c2cccc(C(=O)N3CCC(CCC)CC3)c2)CC1. The standard InChI is InChI=1S/C24H36N2O2/c1-3-6-19-10-14-25(15-11-19)23(27)21-8-5-9-22(18-21)24(28)26-16-12-20(7-4-2)13-17-26/h5,8-9,18-20H,3-4,6-7,10-17H2,1-2H3. The molecule has 0 N–H and O–H groups in total. The molecule has 0 bridgehead atoms. The molecule has 1 aromatic carbocycles. The minimum atomic E-state index is 0.0752. The van der Waals surface area contributed by atoms with Gasteiger partial charge in [0.1, 0.15) is 0 Å². The summed E-state index contributed by atoms with van der Waals surface area (Å²) >= 11 is 0. The van der Waals surface area contributed by atoms with E-state index in [2.05, 4.69) is 13.8 Å². The maximum Gasteiger partial charge on any atom is 0.253 e. The van der Waals surface area contributed by atoms with Gasteiger partial charge in [-0.2, -0.15) is 0 Å². The summed E-state index contributed by atoms with van der Waals surface area (Å²) < 4.78 is 0. The zero-order chi connectivity index (χ0) is 19.9. The van der Waals surface area contributed by atoms with Gasteiger partial charge in [-0.05, 0) is 55.7 Å². The van der Waals surface area contributed by atoms with E-state index in [0.717, 1.165) is 63.7 Å². The van der Waals surface area contributed by atoms with E-state index in [4.69, 9.17) is 0 Å². The number of amides is 2. The molecule has 4 nitrogen and oxygen atoms in total. The van der Waals surface area contributed by atoms with Crippen LogP contribution in [0.1, 0.15) is 85.9 Å². The van der Waals surface area contributed by atoms with E-state index in [1.54, 1.807) is 6.07 Å². The molecule has 0 aliphatic carbocycles. The number of carbonyl (C=O) groups excluding carboxylic acids is 2. The molecule has 2 aliphatic rings. The highest BCUT2D eigenvalue weighted by Gasteiger charge is 2.26. The summed E-state index contributed by atoms with van der Waals surface area (Å²) in [5, 5.41) is 0. The lowest BCUT2D eigenvalue weighted by Crippen LogP contribution is -2.39. The monoisotopic (exact) mass is 384 g/mol. The molecule has 154 valence electrons. The van der Waals surface area contributed by atoms with E-state index in [1.165, 1.54) is 25.7 Å². The van der Waals surface area contributed by atoms with Crippen LogP contribution in [0.4, 0.5) is 0 Å². The molecule has 2 fully saturated rings. The molecule has 0 spiro atoms. The van der Waals surface area contributed by atoms with Gasteiger partial charge >= 0.3 is 0 Å². The van der Waals surface area contributed by atoms with Crippen molar-refractivity contribution in [3.05, 3.63) is 35.4 Å². The zero-order valence-corrected chi connectivity index (χ0v) is 17.7. The highest BCUT2D eigenvalue weighted by atomic mass is 16.2. The first kappa shape index (κ1) is 20.9. The van der Waals surface area contributed by atoms with Crippen LogP contribution >= 0.6 is 0 Å². The van der Waals surface area contributed by atoms with Crippen LogP contribution < -0.4 is 0 Å². The fraction of sp³-hybridized carbons (Fsp3) is 0.667. The Hall–Kier alpha value is -1.84. The van der Waals surface area contributed by atoms with Gasteiger partial charge in [0.25, 0.3) is 11.8 Å². The van der Waals surface area contributed by atoms with Crippen LogP contribution in [0.2, 0.25) is 0 Å². The molecule has 4 heteroatoms. The number of likely N-dealkylation sites (tertiary alicyclic amines) is 2. The van der Waals surface area contributed by atoms with Crippen molar-refractivity contribution in [2.24, 2.45) is 11.8 Å². The van der Waals surface area contributed by atoms with Crippen molar-refractivity contribution in [1.82, 2.24) is 9.80 Å². The van der Waals surface area contributed by atoms with Crippen molar-refractivity contribution >= 4 is 11.8 Å². The van der Waals surface area contributed by atoms with Crippen molar-refractivity contribution in [3.63, 3.8) is 0 Å². The molecule has 0 radical (unpaired) electrons. The van der Waals surface area contributed by atoms with E-state index in [1.807, 2.05) is 28.0 Å². The number of piperidine rings is 2. The van der Waals surface area contributed by atoms with Gasteiger partial charge in [0.15, 0.2) is 0 Å². The van der Waals surface area contributed by atoms with Gasteiger partial charge in [0.2, 0.25) is 0 Å². The Morgan fingerprint density at radius 1 is 0.786 bits per heavy atom. The lowest BCUT2D eigenvalue weighted by atomic mass is 9.92. The second kappa shape index (κ2) is 10.1. The van der Waals surface area contributed by atoms with Crippen LogP contribution in [-0.2, 0) is 0 Å². The molecule has 3 rings (SSSR count). The van der Waals surface area contributed by atoms with Gasteiger partial charge in [-0.1, -0.05) is 45.6 Å². The minimum absolute atomic E-state index is 0.0752. The molecule has 2 heterocycles. The van der Waals surface area contributed by atoms with Gasteiger partial charge in [-0.25, -0.2) is 0 Å². The normalized spacial score (nSPS) is 19.1. The maximum atomic E-state index is 12.9. The van der Waals surface area contributed by atoms with Crippen molar-refractivity contribution < 1.29 is 9.59 Å². The van der Waals surface area contributed by atoms with Crippen LogP contribution in [0.25, 0.3) is 0 Å². The Morgan fingerprint density at radius 2 is 1.18 bits per heavy atom. The Bertz CT molecular complexity index is 603. The Kier molecular flexibility index (Phi) is 7.52. The lowest BCUT2D eigenvalue weighted by Gasteiger charge is -2.33. The van der Waals surface area contributed by atoms with Crippen LogP contribution in [0, 0.1) is 11.8 Å². The average molecular weight is 385 g/mol. The Labute approximate surface area is 170 Å². The number of rotatable bonds is 6. The predicted octanol–water partition coefficient (Wildman–Crippen LogP) is 4.99. The van der Waals surface area contributed by atoms with E-state index < -0.39 is 0 Å². The van der Waals surface area contributed by atoms with E-state index in [-0.39, 0.29) is 11.8 Å². The zero-order valence-electron chi connectivity index (χ0n) is 17.7. The summed E-state index contributed by atoms with van der Waals surface area (Å²) in [7, 11) is 0. The Balaban J connectivity index is 1.59. The number of hydrogen-bond acceptors (Lipinski definition) is 2. The topological polar surface area (TPSA) is 40.6 Å². The first-order valence-corrected chi connectivity index (χ1v) is 11.3. The number of carbonyl (C=O) groups is 2. The molecule has 0 unspecified atom stereocenters. The second-order valence-electron chi connectivity index (χ2n) is 8.63. The summed E-state index contributed by atoms with van der Waals surface area (Å²) in [6, 6.07) is 7.37. The third-order valence-electron chi connectivity index (χ3n) is 6.55. The predicted molar refractivity (Wildman–Crippen MR) is 114 cm³/mol. The van der Waals surface area contributed by atoms with E-state index >= 15 is 0 Å². The average Bonchev–Trinajstić information content (AvgIpc) is 2.74. The van der Waals surface area contributed by atoms with Crippen molar-refractivity contribution in [1.29, 1.82) is 0 Å². The molecule has 0 atom stereocenters. The van der Waals surface area contributed by atoms with E-state index in [9.17, 15) is 9.59 Å². The molecular weight excluding hydrogens is 348 g/mol. The summed E-state index contributed by atoms with van der Waals surface area (Å²) in [6.45, 7) is 7.82. The van der Waals surface area contributed by atoms with Crippen molar-refractivity contribution in [2.45, 2.75) is 65.2 Å². The molecule has 2 aliphatic heterocycles. The van der Waals surface area contributed by atoms with Gasteiger partial charge in [0.05, 0.1) is 0 Å². The lowest BCUT2D eigenvalue weighted by molar-refractivity contribution is 0.0685. The van der Waals surface area contributed by atoms with Crippen LogP contribution in [0.3, 0.4) is 0 Å².